The second-order valence-corrected chi connectivity index (χ2v) is 7.38. The lowest BCUT2D eigenvalue weighted by atomic mass is 9.92. The minimum atomic E-state index is -3.49. The Morgan fingerprint density at radius 1 is 1.40 bits per heavy atom. The van der Waals surface area contributed by atoms with Gasteiger partial charge in [-0.2, -0.15) is 4.31 Å². The Kier molecular flexibility index (Phi) is 4.82. The molecule has 1 heterocycles. The molecule has 0 atom stereocenters. The fourth-order valence-corrected chi connectivity index (χ4v) is 4.51. The minimum absolute atomic E-state index is 0.0587. The molecule has 1 saturated carbocycles. The van der Waals surface area contributed by atoms with Gasteiger partial charge >= 0.3 is 0 Å². The number of nitrogens with zero attached hydrogens (tertiary/aromatic N) is 2. The topological polar surface area (TPSA) is 92.1 Å². The van der Waals surface area contributed by atoms with E-state index in [-0.39, 0.29) is 17.1 Å². The summed E-state index contributed by atoms with van der Waals surface area (Å²) >= 11 is 0. The Hall–Kier alpha value is -0.920. The van der Waals surface area contributed by atoms with Crippen LogP contribution in [0.2, 0.25) is 0 Å². The molecule has 1 aromatic heterocycles. The fourth-order valence-electron chi connectivity index (χ4n) is 2.76. The van der Waals surface area contributed by atoms with Gasteiger partial charge < -0.3 is 10.7 Å². The lowest BCUT2D eigenvalue weighted by Crippen LogP contribution is -2.44. The van der Waals surface area contributed by atoms with Crippen molar-refractivity contribution in [2.45, 2.75) is 63.1 Å². The molecule has 114 valence electrons. The zero-order valence-corrected chi connectivity index (χ0v) is 13.0. The highest BCUT2D eigenvalue weighted by Gasteiger charge is 2.33. The number of hydrogen-bond acceptors (Lipinski definition) is 4. The summed E-state index contributed by atoms with van der Waals surface area (Å²) in [5.41, 5.74) is 5.91. The number of nitrogens with two attached hydrogens (primary N) is 1. The van der Waals surface area contributed by atoms with Crippen LogP contribution in [0.5, 0.6) is 0 Å². The summed E-state index contributed by atoms with van der Waals surface area (Å²) in [6.45, 7) is 4.29. The van der Waals surface area contributed by atoms with Crippen LogP contribution in [0.15, 0.2) is 11.2 Å². The van der Waals surface area contributed by atoms with Crippen LogP contribution in [0.3, 0.4) is 0 Å². The van der Waals surface area contributed by atoms with Gasteiger partial charge in [-0.3, -0.25) is 0 Å². The molecule has 0 amide bonds. The summed E-state index contributed by atoms with van der Waals surface area (Å²) in [6.07, 6.45) is 5.67. The van der Waals surface area contributed by atoms with E-state index in [4.69, 9.17) is 5.73 Å². The van der Waals surface area contributed by atoms with Crippen LogP contribution in [-0.4, -0.2) is 41.3 Å². The first-order chi connectivity index (χ1) is 9.45. The highest BCUT2D eigenvalue weighted by atomic mass is 32.2. The van der Waals surface area contributed by atoms with Crippen molar-refractivity contribution < 1.29 is 8.42 Å². The van der Waals surface area contributed by atoms with Gasteiger partial charge in [-0.05, 0) is 39.0 Å². The number of H-pyrrole nitrogens is 1. The largest absolute Gasteiger partial charge is 0.332 e. The molecular weight excluding hydrogens is 276 g/mol. The third kappa shape index (κ3) is 3.21. The molecule has 1 aliphatic rings. The summed E-state index contributed by atoms with van der Waals surface area (Å²) in [5.74, 6) is 0.616. The molecule has 0 saturated heterocycles. The number of hydrogen-bond donors (Lipinski definition) is 2. The van der Waals surface area contributed by atoms with Crippen molar-refractivity contribution in [3.63, 3.8) is 0 Å². The van der Waals surface area contributed by atoms with Gasteiger partial charge in [0.1, 0.15) is 5.82 Å². The number of aryl methyl sites for hydroxylation is 1. The molecule has 1 aromatic rings. The van der Waals surface area contributed by atoms with Crippen molar-refractivity contribution in [2.24, 2.45) is 5.73 Å². The molecule has 1 fully saturated rings. The molecule has 2 rings (SSSR count). The number of rotatable bonds is 5. The normalized spacial score (nSPS) is 24.2. The Balaban J connectivity index is 2.23. The Morgan fingerprint density at radius 2 is 2.05 bits per heavy atom. The van der Waals surface area contributed by atoms with Gasteiger partial charge in [0.2, 0.25) is 0 Å². The van der Waals surface area contributed by atoms with Gasteiger partial charge in [0.15, 0.2) is 5.03 Å². The molecule has 1 aliphatic carbocycles. The van der Waals surface area contributed by atoms with Crippen LogP contribution in [-0.2, 0) is 10.0 Å². The summed E-state index contributed by atoms with van der Waals surface area (Å²) in [6, 6.07) is 0.273. The van der Waals surface area contributed by atoms with E-state index in [1.165, 1.54) is 6.20 Å². The Bertz CT molecular complexity index is 532. The highest BCUT2D eigenvalue weighted by molar-refractivity contribution is 7.89. The predicted octanol–water partition coefficient (Wildman–Crippen LogP) is 1.39. The van der Waals surface area contributed by atoms with E-state index in [1.54, 1.807) is 11.2 Å². The van der Waals surface area contributed by atoms with Crippen LogP contribution in [0.4, 0.5) is 0 Å². The first kappa shape index (κ1) is 15.5. The third-order valence-corrected chi connectivity index (χ3v) is 5.72. The predicted molar refractivity (Wildman–Crippen MR) is 77.7 cm³/mol. The van der Waals surface area contributed by atoms with Gasteiger partial charge in [0.25, 0.3) is 10.0 Å². The van der Waals surface area contributed by atoms with Crippen molar-refractivity contribution >= 4 is 10.0 Å². The molecule has 7 heteroatoms. The monoisotopic (exact) mass is 300 g/mol. The molecular formula is C13H24N4O2S. The van der Waals surface area contributed by atoms with Crippen molar-refractivity contribution in [2.75, 3.05) is 6.54 Å². The standard InChI is InChI=1S/C13H24N4O2S/c1-3-8-17(12-6-4-11(14)5-7-12)20(18,19)13-9-15-10(2)16-13/h9,11-12H,3-8,14H2,1-2H3,(H,15,16). The average molecular weight is 300 g/mol. The van der Waals surface area contributed by atoms with Crippen molar-refractivity contribution in [1.29, 1.82) is 0 Å². The van der Waals surface area contributed by atoms with Gasteiger partial charge in [-0.15, -0.1) is 0 Å². The highest BCUT2D eigenvalue weighted by Crippen LogP contribution is 2.27. The molecule has 20 heavy (non-hydrogen) atoms. The number of nitrogens with one attached hydrogen (secondary N) is 1. The number of aromatic nitrogens is 2. The Labute approximate surface area is 120 Å². The molecule has 0 unspecified atom stereocenters. The lowest BCUT2D eigenvalue weighted by molar-refractivity contribution is 0.240. The molecule has 0 radical (unpaired) electrons. The zero-order chi connectivity index (χ0) is 14.8. The second-order valence-electron chi connectivity index (χ2n) is 5.52. The number of sulfonamides is 1. The molecule has 0 aromatic carbocycles. The van der Waals surface area contributed by atoms with E-state index in [1.807, 2.05) is 6.92 Å². The van der Waals surface area contributed by atoms with Crippen LogP contribution in [0, 0.1) is 6.92 Å². The van der Waals surface area contributed by atoms with Crippen molar-refractivity contribution in [3.8, 4) is 0 Å². The number of imidazole rings is 1. The molecule has 6 nitrogen and oxygen atoms in total. The smallest absolute Gasteiger partial charge is 0.260 e. The number of aromatic amines is 1. The first-order valence-electron chi connectivity index (χ1n) is 7.24. The zero-order valence-electron chi connectivity index (χ0n) is 12.2. The SMILES string of the molecule is CCCN(C1CCC(N)CC1)S(=O)(=O)c1cnc(C)[nH]1. The third-order valence-electron chi connectivity index (χ3n) is 3.86. The van der Waals surface area contributed by atoms with Gasteiger partial charge in [-0.25, -0.2) is 13.4 Å². The van der Waals surface area contributed by atoms with E-state index in [0.717, 1.165) is 32.1 Å². The fraction of sp³-hybridized carbons (Fsp3) is 0.769. The quantitative estimate of drug-likeness (QED) is 0.859. The minimum Gasteiger partial charge on any atom is -0.332 e. The van der Waals surface area contributed by atoms with E-state index < -0.39 is 10.0 Å². The first-order valence-corrected chi connectivity index (χ1v) is 8.68. The molecule has 3 N–H and O–H groups in total. The summed E-state index contributed by atoms with van der Waals surface area (Å²) < 4.78 is 27.1. The van der Waals surface area contributed by atoms with E-state index in [0.29, 0.717) is 12.4 Å². The maximum Gasteiger partial charge on any atom is 0.260 e. The van der Waals surface area contributed by atoms with Crippen LogP contribution >= 0.6 is 0 Å². The summed E-state index contributed by atoms with van der Waals surface area (Å²) in [4.78, 5) is 6.84. The molecule has 0 aliphatic heterocycles. The maximum absolute atomic E-state index is 12.7. The maximum atomic E-state index is 12.7. The van der Waals surface area contributed by atoms with Crippen molar-refractivity contribution in [3.05, 3.63) is 12.0 Å². The summed E-state index contributed by atoms with van der Waals surface area (Å²) in [5, 5.41) is 0.193. The van der Waals surface area contributed by atoms with Crippen molar-refractivity contribution in [1.82, 2.24) is 14.3 Å². The van der Waals surface area contributed by atoms with Gasteiger partial charge in [0.05, 0.1) is 6.20 Å². The second kappa shape index (κ2) is 6.24. The van der Waals surface area contributed by atoms with Gasteiger partial charge in [-0.1, -0.05) is 6.92 Å². The molecule has 0 spiro atoms. The van der Waals surface area contributed by atoms with E-state index in [9.17, 15) is 8.42 Å². The van der Waals surface area contributed by atoms with Crippen LogP contribution in [0.1, 0.15) is 44.9 Å². The van der Waals surface area contributed by atoms with Crippen LogP contribution in [0.25, 0.3) is 0 Å². The van der Waals surface area contributed by atoms with Gasteiger partial charge in [0, 0.05) is 18.6 Å². The summed E-state index contributed by atoms with van der Waals surface area (Å²) in [7, 11) is -3.49. The lowest BCUT2D eigenvalue weighted by Gasteiger charge is -2.34. The average Bonchev–Trinajstić information content (AvgIpc) is 2.84. The van der Waals surface area contributed by atoms with E-state index >= 15 is 0 Å². The Morgan fingerprint density at radius 3 is 2.55 bits per heavy atom. The molecule has 0 bridgehead atoms. The van der Waals surface area contributed by atoms with E-state index in [2.05, 4.69) is 9.97 Å². The van der Waals surface area contributed by atoms with Crippen LogP contribution < -0.4 is 5.73 Å².